The van der Waals surface area contributed by atoms with E-state index < -0.39 is 60.0 Å². The van der Waals surface area contributed by atoms with Gasteiger partial charge in [0.15, 0.2) is 13.2 Å². The number of rotatable bonds is 8. The van der Waals surface area contributed by atoms with Gasteiger partial charge in [0.1, 0.15) is 29.2 Å². The number of hydrogen-bond donors (Lipinski definition) is 2. The molecule has 0 aliphatic heterocycles. The van der Waals surface area contributed by atoms with Crippen LogP contribution in [0.25, 0.3) is 0 Å². The fourth-order valence-corrected chi connectivity index (χ4v) is 4.87. The van der Waals surface area contributed by atoms with Crippen LogP contribution in [-0.4, -0.2) is 47.3 Å². The lowest BCUT2D eigenvalue weighted by Gasteiger charge is -2.55. The largest absolute Gasteiger partial charge is 0.484 e. The van der Waals surface area contributed by atoms with Crippen molar-refractivity contribution in [2.24, 2.45) is 0 Å². The van der Waals surface area contributed by atoms with Crippen molar-refractivity contribution in [2.75, 3.05) is 13.2 Å². The van der Waals surface area contributed by atoms with E-state index in [9.17, 15) is 27.2 Å². The van der Waals surface area contributed by atoms with Gasteiger partial charge in [-0.25, -0.2) is 13.8 Å². The predicted octanol–water partition coefficient (Wildman–Crippen LogP) is 4.38. The molecule has 7 nitrogen and oxygen atoms in total. The summed E-state index contributed by atoms with van der Waals surface area (Å²) in [4.78, 5) is 28.1. The van der Waals surface area contributed by atoms with Crippen molar-refractivity contribution < 1.29 is 41.0 Å². The molecule has 0 unspecified atom stereocenters. The van der Waals surface area contributed by atoms with Crippen molar-refractivity contribution in [1.82, 2.24) is 15.6 Å². The van der Waals surface area contributed by atoms with Crippen molar-refractivity contribution in [1.29, 1.82) is 0 Å². The number of carbonyl (C=O) groups excluding carboxylic acids is 2. The van der Waals surface area contributed by atoms with Crippen LogP contribution in [0.4, 0.5) is 22.0 Å². The number of hydrogen-bond acceptors (Lipinski definition) is 5. The Hall–Kier alpha value is -3.15. The highest BCUT2D eigenvalue weighted by atomic mass is 35.5. The number of halogens is 6. The maximum Gasteiger partial charge on any atom is 0.433 e. The van der Waals surface area contributed by atoms with E-state index in [0.717, 1.165) is 24.4 Å². The second kappa shape index (κ2) is 10.3. The van der Waals surface area contributed by atoms with E-state index in [1.807, 2.05) is 0 Å². The van der Waals surface area contributed by atoms with E-state index in [1.165, 1.54) is 12.1 Å². The zero-order valence-electron chi connectivity index (χ0n) is 19.3. The first-order valence-corrected chi connectivity index (χ1v) is 11.8. The zero-order chi connectivity index (χ0) is 26.8. The molecule has 13 heteroatoms. The Morgan fingerprint density at radius 3 is 2.19 bits per heavy atom. The lowest BCUT2D eigenvalue weighted by atomic mass is 9.60. The molecule has 2 aromatic rings. The van der Waals surface area contributed by atoms with Crippen LogP contribution in [-0.2, 0) is 15.8 Å². The van der Waals surface area contributed by atoms with Crippen molar-refractivity contribution in [3.8, 4) is 11.5 Å². The number of carbonyl (C=O) groups is 2. The second-order valence-electron chi connectivity index (χ2n) is 9.23. The Kier molecular flexibility index (Phi) is 7.50. The van der Waals surface area contributed by atoms with Crippen molar-refractivity contribution >= 4 is 23.4 Å². The fourth-order valence-electron chi connectivity index (χ4n) is 4.75. The average Bonchev–Trinajstić information content (AvgIpc) is 2.84. The maximum atomic E-state index is 15.2. The molecule has 3 saturated carbocycles. The van der Waals surface area contributed by atoms with Crippen molar-refractivity contribution in [2.45, 2.75) is 55.5 Å². The summed E-state index contributed by atoms with van der Waals surface area (Å²) in [6.07, 6.45) is -3.83. The van der Waals surface area contributed by atoms with Crippen LogP contribution >= 0.6 is 11.6 Å². The molecule has 0 spiro atoms. The standard InChI is InChI=1S/C24H23ClF5N3O4/c25-16-3-1-14(9-17(16)26)36-12-20(34)32-22-5-7-23(8-6-22,18(27)10-22)33-21(35)13-37-15-2-4-19(31-11-15)24(28,29)30/h1-4,9,11,18H,5-8,10,12-13H2,(H,32,34)(H,33,35)/t18-,22?,23?/m1/s1. The molecule has 3 aliphatic rings. The SMILES string of the molecule is O=C(COc1ccc(Cl)c(F)c1)NC12CCC(NC(=O)COc3ccc(C(F)(F)F)nc3)(CC1)[C@H](F)C2. The van der Waals surface area contributed by atoms with Gasteiger partial charge in [0.05, 0.1) is 16.8 Å². The van der Waals surface area contributed by atoms with Gasteiger partial charge in [-0.3, -0.25) is 9.59 Å². The number of alkyl halides is 4. The van der Waals surface area contributed by atoms with Crippen LogP contribution < -0.4 is 20.1 Å². The summed E-state index contributed by atoms with van der Waals surface area (Å²) in [6, 6.07) is 5.56. The first-order chi connectivity index (χ1) is 17.4. The van der Waals surface area contributed by atoms with Crippen LogP contribution in [0.5, 0.6) is 11.5 Å². The zero-order valence-corrected chi connectivity index (χ0v) is 20.1. The summed E-state index contributed by atoms with van der Waals surface area (Å²) in [6.45, 7) is -0.913. The van der Waals surface area contributed by atoms with Gasteiger partial charge in [-0.05, 0) is 49.9 Å². The number of ether oxygens (including phenoxy) is 2. The Morgan fingerprint density at radius 2 is 1.62 bits per heavy atom. The van der Waals surface area contributed by atoms with Crippen LogP contribution in [0.15, 0.2) is 36.5 Å². The van der Waals surface area contributed by atoms with E-state index in [0.29, 0.717) is 12.8 Å². The molecule has 3 fully saturated rings. The summed E-state index contributed by atoms with van der Waals surface area (Å²) in [5, 5.41) is 5.43. The Morgan fingerprint density at radius 1 is 1.00 bits per heavy atom. The minimum atomic E-state index is -4.59. The van der Waals surface area contributed by atoms with E-state index >= 15 is 4.39 Å². The van der Waals surface area contributed by atoms with Crippen LogP contribution in [0, 0.1) is 5.82 Å². The topological polar surface area (TPSA) is 89.6 Å². The molecule has 200 valence electrons. The van der Waals surface area contributed by atoms with Crippen molar-refractivity contribution in [3.63, 3.8) is 0 Å². The van der Waals surface area contributed by atoms with E-state index in [4.69, 9.17) is 21.1 Å². The molecule has 3 aliphatic carbocycles. The van der Waals surface area contributed by atoms with Crippen LogP contribution in [0.2, 0.25) is 5.02 Å². The monoisotopic (exact) mass is 547 g/mol. The predicted molar refractivity (Wildman–Crippen MR) is 121 cm³/mol. The summed E-state index contributed by atoms with van der Waals surface area (Å²) in [5.74, 6) is -1.70. The van der Waals surface area contributed by atoms with E-state index in [-0.39, 0.29) is 35.8 Å². The fraction of sp³-hybridized carbons (Fsp3) is 0.458. The molecule has 2 N–H and O–H groups in total. The lowest BCUT2D eigenvalue weighted by Crippen LogP contribution is -2.69. The second-order valence-corrected chi connectivity index (χ2v) is 9.64. The average molecular weight is 548 g/mol. The Labute approximate surface area is 213 Å². The molecule has 2 bridgehead atoms. The summed E-state index contributed by atoms with van der Waals surface area (Å²) >= 11 is 5.62. The number of amides is 2. The van der Waals surface area contributed by atoms with Gasteiger partial charge >= 0.3 is 6.18 Å². The Balaban J connectivity index is 1.26. The lowest BCUT2D eigenvalue weighted by molar-refractivity contribution is -0.141. The molecule has 2 amide bonds. The molecule has 0 radical (unpaired) electrons. The third kappa shape index (κ3) is 6.23. The molecule has 1 heterocycles. The van der Waals surface area contributed by atoms with Gasteiger partial charge in [0, 0.05) is 18.0 Å². The Bertz CT molecular complexity index is 1150. The molecule has 37 heavy (non-hydrogen) atoms. The van der Waals surface area contributed by atoms with Gasteiger partial charge in [0.25, 0.3) is 11.8 Å². The third-order valence-corrected chi connectivity index (χ3v) is 7.03. The molecular weight excluding hydrogens is 525 g/mol. The number of nitrogens with one attached hydrogen (secondary N) is 2. The minimum Gasteiger partial charge on any atom is -0.484 e. The maximum absolute atomic E-state index is 15.2. The highest BCUT2D eigenvalue weighted by molar-refractivity contribution is 6.30. The van der Waals surface area contributed by atoms with Gasteiger partial charge in [-0.1, -0.05) is 11.6 Å². The van der Waals surface area contributed by atoms with Crippen LogP contribution in [0.1, 0.15) is 37.8 Å². The summed E-state index contributed by atoms with van der Waals surface area (Å²) in [5.41, 5.74) is -3.00. The first kappa shape index (κ1) is 26.9. The molecule has 1 atom stereocenters. The van der Waals surface area contributed by atoms with E-state index in [1.54, 1.807) is 0 Å². The van der Waals surface area contributed by atoms with Crippen LogP contribution in [0.3, 0.4) is 0 Å². The number of nitrogens with zero attached hydrogens (tertiary/aromatic N) is 1. The highest BCUT2D eigenvalue weighted by Crippen LogP contribution is 2.48. The molecule has 1 aromatic heterocycles. The van der Waals surface area contributed by atoms with Gasteiger partial charge in [0.2, 0.25) is 0 Å². The molecule has 5 rings (SSSR count). The van der Waals surface area contributed by atoms with Crippen molar-refractivity contribution in [3.05, 3.63) is 53.1 Å². The molecule has 1 aromatic carbocycles. The number of pyridine rings is 1. The van der Waals surface area contributed by atoms with Gasteiger partial charge in [-0.2, -0.15) is 13.2 Å². The number of fused-ring (bicyclic) bond motifs is 3. The number of benzene rings is 1. The normalized spacial score (nSPS) is 24.9. The smallest absolute Gasteiger partial charge is 0.433 e. The highest BCUT2D eigenvalue weighted by Gasteiger charge is 2.56. The van der Waals surface area contributed by atoms with E-state index in [2.05, 4.69) is 15.6 Å². The first-order valence-electron chi connectivity index (χ1n) is 11.4. The molecule has 0 saturated heterocycles. The third-order valence-electron chi connectivity index (χ3n) is 6.72. The minimum absolute atomic E-state index is 0.0156. The number of aromatic nitrogens is 1. The van der Waals surface area contributed by atoms with Gasteiger partial charge in [-0.15, -0.1) is 0 Å². The molecular formula is C24H23ClF5N3O4. The van der Waals surface area contributed by atoms with Gasteiger partial charge < -0.3 is 20.1 Å². The summed E-state index contributed by atoms with van der Waals surface area (Å²) in [7, 11) is 0. The quantitative estimate of drug-likeness (QED) is 0.479. The summed E-state index contributed by atoms with van der Waals surface area (Å²) < 4.78 is 77.0.